The molecule has 0 bridgehead atoms. The third kappa shape index (κ3) is 4.84. The molecule has 0 aliphatic rings. The van der Waals surface area contributed by atoms with E-state index in [-0.39, 0.29) is 21.2 Å². The Morgan fingerprint density at radius 3 is 2.59 bits per heavy atom. The molecule has 156 valence electrons. The van der Waals surface area contributed by atoms with Crippen molar-refractivity contribution in [2.45, 2.75) is 29.7 Å². The lowest BCUT2D eigenvalue weighted by Gasteiger charge is -2.09. The predicted molar refractivity (Wildman–Crippen MR) is 106 cm³/mol. The van der Waals surface area contributed by atoms with Crippen LogP contribution in [-0.2, 0) is 30.2 Å². The van der Waals surface area contributed by atoms with Crippen LogP contribution < -0.4 is 5.43 Å². The predicted octanol–water partition coefficient (Wildman–Crippen LogP) is 2.17. The number of furan rings is 1. The molecule has 13 heteroatoms. The standard InChI is InChI=1S/C16H17N3O7S3/c1-10(2)29(23,24)13(7-17)18-19-14-12(8-27-15(14)16(20)25-3)28(21,22)9-11-5-4-6-26-11/h4-6,8,10,19H,9H2,1-3H3. The normalized spacial score (nSPS) is 12.6. The molecule has 2 heterocycles. The maximum Gasteiger partial charge on any atom is 0.350 e. The molecule has 0 aliphatic heterocycles. The maximum atomic E-state index is 12.8. The van der Waals surface area contributed by atoms with Crippen molar-refractivity contribution in [3.05, 3.63) is 34.4 Å². The second-order valence-electron chi connectivity index (χ2n) is 5.87. The molecule has 2 rings (SSSR count). The van der Waals surface area contributed by atoms with Gasteiger partial charge in [0.15, 0.2) is 9.84 Å². The number of methoxy groups -OCH3 is 1. The van der Waals surface area contributed by atoms with Gasteiger partial charge >= 0.3 is 5.97 Å². The topological polar surface area (TPSA) is 156 Å². The Morgan fingerprint density at radius 1 is 1.38 bits per heavy atom. The number of nitriles is 1. The number of sulfone groups is 2. The molecule has 0 saturated carbocycles. The van der Waals surface area contributed by atoms with Gasteiger partial charge in [0.1, 0.15) is 33.0 Å². The number of hydrogen-bond donors (Lipinski definition) is 1. The van der Waals surface area contributed by atoms with Crippen molar-refractivity contribution in [1.29, 1.82) is 5.26 Å². The van der Waals surface area contributed by atoms with E-state index in [1.165, 1.54) is 43.7 Å². The molecule has 0 saturated heterocycles. The van der Waals surface area contributed by atoms with Crippen LogP contribution in [0.3, 0.4) is 0 Å². The fraction of sp³-hybridized carbons (Fsp3) is 0.312. The molecule has 2 aromatic rings. The SMILES string of the molecule is COC(=O)c1scc(S(=O)(=O)Cc2ccco2)c1NN=C(C#N)S(=O)(=O)C(C)C. The number of nitrogens with zero attached hydrogens (tertiary/aromatic N) is 2. The highest BCUT2D eigenvalue weighted by Gasteiger charge is 2.29. The first-order chi connectivity index (χ1) is 13.5. The molecule has 1 N–H and O–H groups in total. The van der Waals surface area contributed by atoms with Crippen LogP contribution in [-0.4, -0.2) is 40.2 Å². The number of anilines is 1. The molecule has 0 fully saturated rings. The minimum atomic E-state index is -4.02. The average molecular weight is 460 g/mol. The van der Waals surface area contributed by atoms with Crippen LogP contribution in [0.4, 0.5) is 5.69 Å². The molecule has 0 amide bonds. The molecule has 2 aromatic heterocycles. The summed E-state index contributed by atoms with van der Waals surface area (Å²) in [6.45, 7) is 2.73. The molecule has 0 aromatic carbocycles. The first-order valence-electron chi connectivity index (χ1n) is 7.97. The van der Waals surface area contributed by atoms with Crippen molar-refractivity contribution in [1.82, 2.24) is 0 Å². The molecular formula is C16H17N3O7S3. The van der Waals surface area contributed by atoms with Crippen molar-refractivity contribution in [3.63, 3.8) is 0 Å². The van der Waals surface area contributed by atoms with Gasteiger partial charge in [-0.3, -0.25) is 5.43 Å². The van der Waals surface area contributed by atoms with E-state index < -0.39 is 41.7 Å². The smallest absolute Gasteiger partial charge is 0.350 e. The van der Waals surface area contributed by atoms with E-state index >= 15 is 0 Å². The summed E-state index contributed by atoms with van der Waals surface area (Å²) >= 11 is 0.773. The second-order valence-corrected chi connectivity index (χ2v) is 11.1. The summed E-state index contributed by atoms with van der Waals surface area (Å²) in [7, 11) is -6.91. The Hall–Kier alpha value is -2.69. The lowest BCUT2D eigenvalue weighted by molar-refractivity contribution is 0.0607. The summed E-state index contributed by atoms with van der Waals surface area (Å²) in [5.74, 6) is -1.17. The summed E-state index contributed by atoms with van der Waals surface area (Å²) < 4.78 is 59.6. The highest BCUT2D eigenvalue weighted by atomic mass is 32.2. The van der Waals surface area contributed by atoms with Crippen molar-refractivity contribution >= 4 is 47.7 Å². The van der Waals surface area contributed by atoms with E-state index in [0.717, 1.165) is 18.4 Å². The fourth-order valence-electron chi connectivity index (χ4n) is 2.06. The number of carbonyl (C=O) groups is 1. The fourth-order valence-corrected chi connectivity index (χ4v) is 5.55. The van der Waals surface area contributed by atoms with Gasteiger partial charge in [0.05, 0.1) is 18.6 Å². The zero-order chi connectivity index (χ0) is 21.8. The van der Waals surface area contributed by atoms with Gasteiger partial charge in [-0.25, -0.2) is 21.6 Å². The number of rotatable bonds is 7. The van der Waals surface area contributed by atoms with Crippen LogP contribution in [0.2, 0.25) is 0 Å². The highest BCUT2D eigenvalue weighted by molar-refractivity contribution is 8.07. The third-order valence-corrected chi connectivity index (χ3v) is 8.36. The molecule has 0 atom stereocenters. The Kier molecular flexibility index (Phi) is 6.83. The quantitative estimate of drug-likeness (QED) is 0.284. The van der Waals surface area contributed by atoms with Gasteiger partial charge in [-0.15, -0.1) is 11.3 Å². The number of hydrogen-bond acceptors (Lipinski definition) is 11. The summed E-state index contributed by atoms with van der Waals surface area (Å²) in [5.41, 5.74) is 1.98. The van der Waals surface area contributed by atoms with Gasteiger partial charge in [0, 0.05) is 5.38 Å². The molecule has 0 aliphatic carbocycles. The molecule has 10 nitrogen and oxygen atoms in total. The van der Waals surface area contributed by atoms with E-state index in [2.05, 4.69) is 15.3 Å². The van der Waals surface area contributed by atoms with Crippen molar-refractivity contribution in [2.75, 3.05) is 12.5 Å². The van der Waals surface area contributed by atoms with E-state index in [1.54, 1.807) is 0 Å². The maximum absolute atomic E-state index is 12.8. The molecule has 0 unspecified atom stereocenters. The minimum Gasteiger partial charge on any atom is -0.468 e. The van der Waals surface area contributed by atoms with Crippen LogP contribution in [0.1, 0.15) is 29.3 Å². The zero-order valence-corrected chi connectivity index (χ0v) is 18.0. The van der Waals surface area contributed by atoms with Crippen LogP contribution in [0.15, 0.2) is 38.2 Å². The van der Waals surface area contributed by atoms with Gasteiger partial charge in [0.25, 0.3) is 5.04 Å². The van der Waals surface area contributed by atoms with E-state index in [4.69, 9.17) is 9.68 Å². The second kappa shape index (κ2) is 8.76. The van der Waals surface area contributed by atoms with Gasteiger partial charge in [0.2, 0.25) is 9.84 Å². The number of carbonyl (C=O) groups excluding carboxylic acids is 1. The number of ether oxygens (including phenoxy) is 1. The summed E-state index contributed by atoms with van der Waals surface area (Å²) in [6.07, 6.45) is 1.32. The van der Waals surface area contributed by atoms with Crippen LogP contribution in [0.5, 0.6) is 0 Å². The van der Waals surface area contributed by atoms with Crippen LogP contribution >= 0.6 is 11.3 Å². The Balaban J connectivity index is 2.55. The van der Waals surface area contributed by atoms with E-state index in [0.29, 0.717) is 0 Å². The average Bonchev–Trinajstić information content (AvgIpc) is 3.30. The lowest BCUT2D eigenvalue weighted by Crippen LogP contribution is -2.23. The molecule has 0 radical (unpaired) electrons. The summed E-state index contributed by atoms with van der Waals surface area (Å²) in [5, 5.41) is 12.1. The van der Waals surface area contributed by atoms with Crippen LogP contribution in [0.25, 0.3) is 0 Å². The van der Waals surface area contributed by atoms with Gasteiger partial charge < -0.3 is 9.15 Å². The molecular weight excluding hydrogens is 442 g/mol. The van der Waals surface area contributed by atoms with E-state index in [9.17, 15) is 21.6 Å². The van der Waals surface area contributed by atoms with E-state index in [1.807, 2.05) is 0 Å². The first kappa shape index (κ1) is 22.6. The Labute approximate surface area is 171 Å². The lowest BCUT2D eigenvalue weighted by atomic mass is 10.4. The largest absolute Gasteiger partial charge is 0.468 e. The molecule has 0 spiro atoms. The summed E-state index contributed by atoms with van der Waals surface area (Å²) in [6, 6.07) is 4.46. The number of nitrogens with one attached hydrogen (secondary N) is 1. The van der Waals surface area contributed by atoms with Gasteiger partial charge in [-0.1, -0.05) is 0 Å². The number of hydrazone groups is 1. The summed E-state index contributed by atoms with van der Waals surface area (Å²) in [4.78, 5) is 11.6. The van der Waals surface area contributed by atoms with Crippen molar-refractivity contribution < 1.29 is 30.8 Å². The zero-order valence-electron chi connectivity index (χ0n) is 15.6. The monoisotopic (exact) mass is 459 g/mol. The number of esters is 1. The van der Waals surface area contributed by atoms with Gasteiger partial charge in [-0.05, 0) is 26.0 Å². The Morgan fingerprint density at radius 2 is 2.07 bits per heavy atom. The van der Waals surface area contributed by atoms with Crippen molar-refractivity contribution in [3.8, 4) is 6.07 Å². The first-order valence-corrected chi connectivity index (χ1v) is 12.0. The highest BCUT2D eigenvalue weighted by Crippen LogP contribution is 2.34. The Bertz CT molecular complexity index is 1170. The minimum absolute atomic E-state index is 0.145. The van der Waals surface area contributed by atoms with Crippen LogP contribution in [0, 0.1) is 11.3 Å². The van der Waals surface area contributed by atoms with Crippen molar-refractivity contribution in [2.24, 2.45) is 5.10 Å². The number of thiophene rings is 1. The van der Waals surface area contributed by atoms with Gasteiger partial charge in [-0.2, -0.15) is 10.4 Å². The molecule has 29 heavy (non-hydrogen) atoms. The third-order valence-electron chi connectivity index (χ3n) is 3.63.